The summed E-state index contributed by atoms with van der Waals surface area (Å²) in [6.45, 7) is 4.37. The molecule has 0 aromatic heterocycles. The molecule has 24 heavy (non-hydrogen) atoms. The fourth-order valence-corrected chi connectivity index (χ4v) is 4.04. The summed E-state index contributed by atoms with van der Waals surface area (Å²) in [6, 6.07) is 8.30. The van der Waals surface area contributed by atoms with Crippen LogP contribution in [0.5, 0.6) is 0 Å². The molecule has 0 aliphatic carbocycles. The van der Waals surface area contributed by atoms with E-state index in [0.717, 1.165) is 16.5 Å². The minimum absolute atomic E-state index is 0.0582. The van der Waals surface area contributed by atoms with E-state index in [0.29, 0.717) is 19.5 Å². The summed E-state index contributed by atoms with van der Waals surface area (Å²) < 4.78 is 5.46. The Morgan fingerprint density at radius 1 is 1.21 bits per heavy atom. The van der Waals surface area contributed by atoms with Gasteiger partial charge in [0.15, 0.2) is 0 Å². The van der Waals surface area contributed by atoms with Crippen molar-refractivity contribution < 1.29 is 14.3 Å². The number of carbonyl (C=O) groups is 2. The van der Waals surface area contributed by atoms with Gasteiger partial charge in [0.1, 0.15) is 6.10 Å². The van der Waals surface area contributed by atoms with Gasteiger partial charge in [-0.3, -0.25) is 9.59 Å². The molecule has 2 aliphatic rings. The Kier molecular flexibility index (Phi) is 3.27. The number of ether oxygens (including phenoxy) is 1. The quantitative estimate of drug-likeness (QED) is 0.757. The Morgan fingerprint density at radius 3 is 2.71 bits per heavy atom. The fraction of sp³-hybridized carbons (Fsp3) is 0.368. The third-order valence-corrected chi connectivity index (χ3v) is 4.96. The first kappa shape index (κ1) is 15.0. The first-order valence-electron chi connectivity index (χ1n) is 8.19. The molecule has 124 valence electrons. The molecule has 2 aromatic rings. The van der Waals surface area contributed by atoms with Gasteiger partial charge in [-0.2, -0.15) is 0 Å². The Morgan fingerprint density at radius 2 is 2.00 bits per heavy atom. The van der Waals surface area contributed by atoms with E-state index in [1.165, 1.54) is 23.7 Å². The lowest BCUT2D eigenvalue weighted by Crippen LogP contribution is -2.38. The van der Waals surface area contributed by atoms with Gasteiger partial charge in [-0.1, -0.05) is 12.1 Å². The third kappa shape index (κ3) is 2.15. The van der Waals surface area contributed by atoms with Gasteiger partial charge >= 0.3 is 5.97 Å². The standard InChI is InChI=1S/C19H20N2O3/c1-11(22)21-9-13-7-18-16(15-5-4-6-17(21)19(13)15)8-14(10-20(18)3)24-12(2)23/h4-7,14H,8-10H2,1-3H3. The summed E-state index contributed by atoms with van der Waals surface area (Å²) in [4.78, 5) is 27.3. The first-order valence-corrected chi connectivity index (χ1v) is 8.19. The predicted molar refractivity (Wildman–Crippen MR) is 93.3 cm³/mol. The van der Waals surface area contributed by atoms with Crippen molar-refractivity contribution >= 4 is 34.0 Å². The van der Waals surface area contributed by atoms with Crippen LogP contribution in [0, 0.1) is 0 Å². The van der Waals surface area contributed by atoms with Crippen LogP contribution in [-0.2, 0) is 27.3 Å². The van der Waals surface area contributed by atoms with Gasteiger partial charge in [-0.15, -0.1) is 0 Å². The van der Waals surface area contributed by atoms with E-state index in [4.69, 9.17) is 4.74 Å². The molecule has 0 saturated heterocycles. The van der Waals surface area contributed by atoms with E-state index in [-0.39, 0.29) is 18.0 Å². The van der Waals surface area contributed by atoms with E-state index in [1.807, 2.05) is 24.1 Å². The average Bonchev–Trinajstić information content (AvgIpc) is 2.88. The highest BCUT2D eigenvalue weighted by Crippen LogP contribution is 2.44. The number of likely N-dealkylation sites (N-methyl/N-ethyl adjacent to an activating group) is 1. The number of fused-ring (bicyclic) bond motifs is 2. The molecule has 1 atom stereocenters. The molecular weight excluding hydrogens is 304 g/mol. The van der Waals surface area contributed by atoms with Crippen molar-refractivity contribution in [3.8, 4) is 0 Å². The molecule has 0 bridgehead atoms. The lowest BCUT2D eigenvalue weighted by molar-refractivity contribution is -0.145. The second kappa shape index (κ2) is 5.23. The summed E-state index contributed by atoms with van der Waals surface area (Å²) in [7, 11) is 2.02. The highest BCUT2D eigenvalue weighted by molar-refractivity contribution is 6.10. The Labute approximate surface area is 140 Å². The molecular formula is C19H20N2O3. The molecule has 2 aliphatic heterocycles. The summed E-state index contributed by atoms with van der Waals surface area (Å²) in [5.41, 5.74) is 4.53. The molecule has 0 N–H and O–H groups in total. The minimum atomic E-state index is -0.245. The van der Waals surface area contributed by atoms with Crippen molar-refractivity contribution in [1.29, 1.82) is 0 Å². The minimum Gasteiger partial charge on any atom is -0.460 e. The third-order valence-electron chi connectivity index (χ3n) is 4.96. The molecule has 0 fully saturated rings. The molecule has 5 heteroatoms. The summed E-state index contributed by atoms with van der Waals surface area (Å²) >= 11 is 0. The Hall–Kier alpha value is -2.56. The molecule has 5 nitrogen and oxygen atoms in total. The van der Waals surface area contributed by atoms with Crippen molar-refractivity contribution in [3.63, 3.8) is 0 Å². The van der Waals surface area contributed by atoms with Gasteiger partial charge in [0.05, 0.1) is 18.8 Å². The van der Waals surface area contributed by atoms with Crippen LogP contribution in [0.3, 0.4) is 0 Å². The van der Waals surface area contributed by atoms with E-state index < -0.39 is 0 Å². The van der Waals surface area contributed by atoms with Crippen LogP contribution in [0.25, 0.3) is 10.8 Å². The average molecular weight is 324 g/mol. The number of carbonyl (C=O) groups excluding carboxylic acids is 2. The van der Waals surface area contributed by atoms with E-state index in [9.17, 15) is 9.59 Å². The number of rotatable bonds is 1. The zero-order chi connectivity index (χ0) is 17.0. The maximum atomic E-state index is 12.0. The number of benzene rings is 2. The number of anilines is 2. The van der Waals surface area contributed by atoms with Gasteiger partial charge < -0.3 is 14.5 Å². The van der Waals surface area contributed by atoms with Crippen molar-refractivity contribution in [2.75, 3.05) is 23.4 Å². The highest BCUT2D eigenvalue weighted by Gasteiger charge is 2.31. The summed E-state index contributed by atoms with van der Waals surface area (Å²) in [6.07, 6.45) is 0.571. The molecule has 4 rings (SSSR count). The lowest BCUT2D eigenvalue weighted by atomic mass is 9.91. The summed E-state index contributed by atoms with van der Waals surface area (Å²) in [5, 5.41) is 2.32. The van der Waals surface area contributed by atoms with Gasteiger partial charge in [0, 0.05) is 38.4 Å². The number of nitrogens with zero attached hydrogens (tertiary/aromatic N) is 2. The Bertz CT molecular complexity index is 875. The van der Waals surface area contributed by atoms with Crippen molar-refractivity contribution in [2.24, 2.45) is 0 Å². The SMILES string of the molecule is CC(=O)OC1Cc2c(cc3c4c(cccc24)N(C(C)=O)C3)N(C)C1. The van der Waals surface area contributed by atoms with E-state index in [2.05, 4.69) is 17.0 Å². The van der Waals surface area contributed by atoms with Gasteiger partial charge in [-0.05, 0) is 28.6 Å². The van der Waals surface area contributed by atoms with Crippen LogP contribution >= 0.6 is 0 Å². The maximum Gasteiger partial charge on any atom is 0.302 e. The zero-order valence-electron chi connectivity index (χ0n) is 14.1. The number of hydrogen-bond donors (Lipinski definition) is 0. The molecule has 0 spiro atoms. The van der Waals surface area contributed by atoms with Crippen LogP contribution in [0.2, 0.25) is 0 Å². The number of esters is 1. The van der Waals surface area contributed by atoms with Crippen LogP contribution in [0.15, 0.2) is 24.3 Å². The fourth-order valence-electron chi connectivity index (χ4n) is 4.04. The number of amides is 1. The van der Waals surface area contributed by atoms with Crippen LogP contribution < -0.4 is 9.80 Å². The first-order chi connectivity index (χ1) is 11.5. The van der Waals surface area contributed by atoms with Crippen molar-refractivity contribution in [2.45, 2.75) is 32.9 Å². The molecule has 0 saturated carbocycles. The monoisotopic (exact) mass is 324 g/mol. The van der Waals surface area contributed by atoms with Crippen LogP contribution in [0.1, 0.15) is 25.0 Å². The zero-order valence-corrected chi connectivity index (χ0v) is 14.1. The number of hydrogen-bond acceptors (Lipinski definition) is 4. The molecule has 0 radical (unpaired) electrons. The van der Waals surface area contributed by atoms with Gasteiger partial charge in [0.2, 0.25) is 5.91 Å². The lowest BCUT2D eigenvalue weighted by Gasteiger charge is -2.34. The molecule has 1 unspecified atom stereocenters. The highest BCUT2D eigenvalue weighted by atomic mass is 16.5. The van der Waals surface area contributed by atoms with Crippen molar-refractivity contribution in [1.82, 2.24) is 0 Å². The largest absolute Gasteiger partial charge is 0.460 e. The van der Waals surface area contributed by atoms with E-state index in [1.54, 1.807) is 6.92 Å². The normalized spacial score (nSPS) is 18.7. The molecule has 2 aromatic carbocycles. The summed E-state index contributed by atoms with van der Waals surface area (Å²) in [5.74, 6) is -0.187. The predicted octanol–water partition coefficient (Wildman–Crippen LogP) is 2.63. The molecule has 1 amide bonds. The van der Waals surface area contributed by atoms with E-state index >= 15 is 0 Å². The Balaban J connectivity index is 1.89. The topological polar surface area (TPSA) is 49.9 Å². The van der Waals surface area contributed by atoms with Gasteiger partial charge in [0.25, 0.3) is 0 Å². The van der Waals surface area contributed by atoms with Gasteiger partial charge in [-0.25, -0.2) is 0 Å². The van der Waals surface area contributed by atoms with Crippen molar-refractivity contribution in [3.05, 3.63) is 35.4 Å². The van der Waals surface area contributed by atoms with Crippen LogP contribution in [0.4, 0.5) is 11.4 Å². The smallest absolute Gasteiger partial charge is 0.302 e. The second-order valence-corrected chi connectivity index (χ2v) is 6.65. The second-order valence-electron chi connectivity index (χ2n) is 6.65. The van der Waals surface area contributed by atoms with Crippen LogP contribution in [-0.4, -0.2) is 31.6 Å². The maximum absolute atomic E-state index is 12.0. The molecule has 2 heterocycles.